The summed E-state index contributed by atoms with van der Waals surface area (Å²) < 4.78 is 0. The maximum absolute atomic E-state index is 10.4. The van der Waals surface area contributed by atoms with Crippen LogP contribution in [0.5, 0.6) is 0 Å². The lowest BCUT2D eigenvalue weighted by Gasteiger charge is -2.41. The maximum atomic E-state index is 10.4. The van der Waals surface area contributed by atoms with Crippen LogP contribution in [0.2, 0.25) is 0 Å². The van der Waals surface area contributed by atoms with Crippen LogP contribution in [0.4, 0.5) is 0 Å². The van der Waals surface area contributed by atoms with Crippen molar-refractivity contribution in [1.82, 2.24) is 4.90 Å². The van der Waals surface area contributed by atoms with Crippen LogP contribution in [0, 0.1) is 17.3 Å². The quantitative estimate of drug-likeness (QED) is 0.741. The summed E-state index contributed by atoms with van der Waals surface area (Å²) in [6, 6.07) is 0.417. The van der Waals surface area contributed by atoms with Crippen LogP contribution in [0.1, 0.15) is 47.0 Å². The molecule has 0 radical (unpaired) electrons. The molecule has 1 heterocycles. The van der Waals surface area contributed by atoms with Gasteiger partial charge in [0.05, 0.1) is 6.10 Å². The average molecular weight is 225 g/mol. The zero-order valence-corrected chi connectivity index (χ0v) is 11.2. The van der Waals surface area contributed by atoms with Crippen molar-refractivity contribution < 1.29 is 5.11 Å². The van der Waals surface area contributed by atoms with Gasteiger partial charge in [0.15, 0.2) is 0 Å². The van der Waals surface area contributed by atoms with E-state index in [-0.39, 0.29) is 11.5 Å². The van der Waals surface area contributed by atoms with Gasteiger partial charge in [0, 0.05) is 19.1 Å². The normalized spacial score (nSPS) is 44.8. The summed E-state index contributed by atoms with van der Waals surface area (Å²) in [4.78, 5) is 2.55. The van der Waals surface area contributed by atoms with Crippen LogP contribution in [0.15, 0.2) is 0 Å². The first-order chi connectivity index (χ1) is 7.40. The molecule has 1 saturated heterocycles. The number of aliphatic hydroxyl groups excluding tert-OH is 1. The molecule has 1 aliphatic heterocycles. The Balaban J connectivity index is 2.03. The Morgan fingerprint density at radius 2 is 1.69 bits per heavy atom. The molecule has 0 aromatic carbocycles. The number of hydrogen-bond donors (Lipinski definition) is 1. The van der Waals surface area contributed by atoms with Crippen molar-refractivity contribution in [3.63, 3.8) is 0 Å². The Morgan fingerprint density at radius 1 is 1.12 bits per heavy atom. The van der Waals surface area contributed by atoms with Crippen molar-refractivity contribution in [2.24, 2.45) is 17.3 Å². The van der Waals surface area contributed by atoms with Gasteiger partial charge < -0.3 is 5.11 Å². The zero-order chi connectivity index (χ0) is 11.9. The van der Waals surface area contributed by atoms with E-state index in [0.717, 1.165) is 18.3 Å². The largest absolute Gasteiger partial charge is 0.391 e. The lowest BCUT2D eigenvalue weighted by Crippen LogP contribution is -2.50. The first-order valence-corrected chi connectivity index (χ1v) is 6.82. The second kappa shape index (κ2) is 4.30. The number of nitrogens with zero attached hydrogens (tertiary/aromatic N) is 1. The average Bonchev–Trinajstić information content (AvgIpc) is 2.40. The van der Waals surface area contributed by atoms with E-state index in [4.69, 9.17) is 0 Å². The lowest BCUT2D eigenvalue weighted by atomic mass is 9.87. The lowest BCUT2D eigenvalue weighted by molar-refractivity contribution is -0.00760. The Hall–Kier alpha value is -0.0800. The van der Waals surface area contributed by atoms with Gasteiger partial charge in [-0.25, -0.2) is 0 Å². The van der Waals surface area contributed by atoms with Crippen molar-refractivity contribution in [1.29, 1.82) is 0 Å². The molecule has 0 aromatic heterocycles. The molecule has 1 N–H and O–H groups in total. The SMILES string of the molecule is CC1CC(C)CN(C2CCC(C)(C)C2O)C1. The Bertz CT molecular complexity index is 241. The Kier molecular flexibility index (Phi) is 3.33. The van der Waals surface area contributed by atoms with Crippen LogP contribution in [-0.4, -0.2) is 35.2 Å². The molecule has 16 heavy (non-hydrogen) atoms. The highest BCUT2D eigenvalue weighted by Gasteiger charge is 2.44. The molecule has 0 aromatic rings. The van der Waals surface area contributed by atoms with Crippen molar-refractivity contribution in [2.45, 2.75) is 59.1 Å². The number of aliphatic hydroxyl groups is 1. The molecule has 4 atom stereocenters. The first kappa shape index (κ1) is 12.4. The van der Waals surface area contributed by atoms with Crippen LogP contribution in [0.3, 0.4) is 0 Å². The van der Waals surface area contributed by atoms with Gasteiger partial charge in [0.25, 0.3) is 0 Å². The van der Waals surface area contributed by atoms with Crippen molar-refractivity contribution in [3.05, 3.63) is 0 Å². The fourth-order valence-electron chi connectivity index (χ4n) is 3.71. The van der Waals surface area contributed by atoms with E-state index in [0.29, 0.717) is 6.04 Å². The predicted octanol–water partition coefficient (Wildman–Crippen LogP) is 2.51. The van der Waals surface area contributed by atoms with E-state index in [2.05, 4.69) is 32.6 Å². The van der Waals surface area contributed by atoms with E-state index in [1.165, 1.54) is 25.9 Å². The van der Waals surface area contributed by atoms with Gasteiger partial charge in [-0.2, -0.15) is 0 Å². The molecule has 0 amide bonds. The smallest absolute Gasteiger partial charge is 0.0746 e. The topological polar surface area (TPSA) is 23.5 Å². The van der Waals surface area contributed by atoms with Gasteiger partial charge in [-0.3, -0.25) is 4.90 Å². The Labute approximate surface area is 100 Å². The van der Waals surface area contributed by atoms with E-state index >= 15 is 0 Å². The van der Waals surface area contributed by atoms with Gasteiger partial charge >= 0.3 is 0 Å². The van der Waals surface area contributed by atoms with Crippen molar-refractivity contribution >= 4 is 0 Å². The minimum atomic E-state index is -0.134. The Morgan fingerprint density at radius 3 is 2.12 bits per heavy atom. The van der Waals surface area contributed by atoms with Gasteiger partial charge in [-0.05, 0) is 36.5 Å². The summed E-state index contributed by atoms with van der Waals surface area (Å²) in [5, 5.41) is 10.4. The minimum absolute atomic E-state index is 0.120. The highest BCUT2D eigenvalue weighted by molar-refractivity contribution is 4.97. The third kappa shape index (κ3) is 2.28. The zero-order valence-electron chi connectivity index (χ0n) is 11.2. The molecule has 2 fully saturated rings. The number of piperidine rings is 1. The molecule has 4 unspecified atom stereocenters. The van der Waals surface area contributed by atoms with Crippen molar-refractivity contribution in [3.8, 4) is 0 Å². The van der Waals surface area contributed by atoms with Gasteiger partial charge in [0.1, 0.15) is 0 Å². The molecule has 2 aliphatic rings. The summed E-state index contributed by atoms with van der Waals surface area (Å²) in [6.45, 7) is 11.5. The van der Waals surface area contributed by atoms with Gasteiger partial charge in [-0.1, -0.05) is 27.7 Å². The molecular formula is C14H27NO. The van der Waals surface area contributed by atoms with E-state index in [9.17, 15) is 5.11 Å². The molecule has 2 rings (SSSR count). The molecule has 2 heteroatoms. The molecule has 0 spiro atoms. The minimum Gasteiger partial charge on any atom is -0.391 e. The highest BCUT2D eigenvalue weighted by atomic mass is 16.3. The second-order valence-electron chi connectivity index (χ2n) is 6.94. The molecular weight excluding hydrogens is 198 g/mol. The second-order valence-corrected chi connectivity index (χ2v) is 6.94. The summed E-state index contributed by atoms with van der Waals surface area (Å²) in [7, 11) is 0. The third-order valence-electron chi connectivity index (χ3n) is 4.62. The van der Waals surface area contributed by atoms with Gasteiger partial charge in [-0.15, -0.1) is 0 Å². The molecule has 0 bridgehead atoms. The van der Waals surface area contributed by atoms with E-state index in [1.54, 1.807) is 0 Å². The number of hydrogen-bond acceptors (Lipinski definition) is 2. The number of rotatable bonds is 1. The van der Waals surface area contributed by atoms with Crippen LogP contribution in [-0.2, 0) is 0 Å². The summed E-state index contributed by atoms with van der Waals surface area (Å²) in [6.07, 6.45) is 3.55. The number of likely N-dealkylation sites (tertiary alicyclic amines) is 1. The van der Waals surface area contributed by atoms with E-state index < -0.39 is 0 Å². The maximum Gasteiger partial charge on any atom is 0.0746 e. The molecule has 1 aliphatic carbocycles. The summed E-state index contributed by atoms with van der Waals surface area (Å²) >= 11 is 0. The first-order valence-electron chi connectivity index (χ1n) is 6.82. The molecule has 1 saturated carbocycles. The third-order valence-corrected chi connectivity index (χ3v) is 4.62. The molecule has 94 valence electrons. The molecule has 2 nitrogen and oxygen atoms in total. The van der Waals surface area contributed by atoms with Crippen LogP contribution in [0.25, 0.3) is 0 Å². The van der Waals surface area contributed by atoms with E-state index in [1.807, 2.05) is 0 Å². The summed E-state index contributed by atoms with van der Waals surface area (Å²) in [5.74, 6) is 1.58. The standard InChI is InChI=1S/C14H27NO/c1-10-7-11(2)9-15(8-10)12-5-6-14(3,4)13(12)16/h10-13,16H,5-9H2,1-4H3. The van der Waals surface area contributed by atoms with Crippen LogP contribution < -0.4 is 0 Å². The summed E-state index contributed by atoms with van der Waals surface area (Å²) in [5.41, 5.74) is 0.120. The van der Waals surface area contributed by atoms with Crippen molar-refractivity contribution in [2.75, 3.05) is 13.1 Å². The van der Waals surface area contributed by atoms with Gasteiger partial charge in [0.2, 0.25) is 0 Å². The monoisotopic (exact) mass is 225 g/mol. The fourth-order valence-corrected chi connectivity index (χ4v) is 3.71. The highest BCUT2D eigenvalue weighted by Crippen LogP contribution is 2.41. The van der Waals surface area contributed by atoms with Crippen LogP contribution >= 0.6 is 0 Å². The fraction of sp³-hybridized carbons (Fsp3) is 1.00. The predicted molar refractivity (Wildman–Crippen MR) is 67.3 cm³/mol.